The van der Waals surface area contributed by atoms with Crippen LogP contribution in [-0.2, 0) is 0 Å². The van der Waals surface area contributed by atoms with Crippen molar-refractivity contribution in [2.75, 3.05) is 0 Å². The van der Waals surface area contributed by atoms with Crippen LogP contribution in [0.1, 0.15) is 58.4 Å². The third-order valence-electron chi connectivity index (χ3n) is 10.9. The molecule has 0 atom stereocenters. The Kier molecular flexibility index (Phi) is 5.43. The smallest absolute Gasteiger partial charge is 0.0649 e. The highest BCUT2D eigenvalue weighted by molar-refractivity contribution is 6.94. The Bertz CT molecular complexity index is 2300. The van der Waals surface area contributed by atoms with Crippen molar-refractivity contribution in [2.24, 2.45) is 0 Å². The van der Waals surface area contributed by atoms with Gasteiger partial charge < -0.3 is 0 Å². The van der Waals surface area contributed by atoms with Crippen LogP contribution in [0.3, 0.4) is 0 Å². The van der Waals surface area contributed by atoms with Crippen molar-refractivity contribution in [3.05, 3.63) is 166 Å². The summed E-state index contributed by atoms with van der Waals surface area (Å²) in [6.45, 7) is 7.27. The maximum atomic E-state index is 2.58. The summed E-state index contributed by atoms with van der Waals surface area (Å²) in [5, 5.41) is 8.64. The van der Waals surface area contributed by atoms with Crippen molar-refractivity contribution in [3.8, 4) is 22.3 Å². The minimum absolute atomic E-state index is 1.33. The van der Waals surface area contributed by atoms with Crippen LogP contribution in [0, 0.1) is 12.8 Å². The van der Waals surface area contributed by atoms with Gasteiger partial charge in [-0.25, -0.2) is 0 Å². The molecule has 46 heavy (non-hydrogen) atoms. The molecule has 0 fully saturated rings. The second-order valence-electron chi connectivity index (χ2n) is 13.4. The maximum absolute atomic E-state index is 2.58. The molecule has 2 radical (unpaired) electrons. The SMILES string of the molecule is CC1=C([SiH](C)C2=C(C)[CH]c3cccc(-c4ccc5c6c(cccc46)C=C5)c32)c2c(cccc2-c2ccc3c4c(cccc24)C=C3)[CH]1. The van der Waals surface area contributed by atoms with Crippen molar-refractivity contribution in [3.63, 3.8) is 0 Å². The summed E-state index contributed by atoms with van der Waals surface area (Å²) in [6.07, 6.45) is 13.9. The van der Waals surface area contributed by atoms with E-state index in [1.807, 2.05) is 0 Å². The lowest BCUT2D eigenvalue weighted by molar-refractivity contribution is 1.45. The molecule has 0 aliphatic heterocycles. The predicted molar refractivity (Wildman–Crippen MR) is 202 cm³/mol. The third kappa shape index (κ3) is 3.50. The van der Waals surface area contributed by atoms with Gasteiger partial charge in [-0.2, -0.15) is 0 Å². The quantitative estimate of drug-likeness (QED) is 0.176. The molecule has 0 saturated carbocycles. The lowest BCUT2D eigenvalue weighted by Crippen LogP contribution is -2.16. The summed E-state index contributed by atoms with van der Waals surface area (Å²) in [5.74, 6) is 0. The van der Waals surface area contributed by atoms with E-state index >= 15 is 0 Å². The zero-order valence-corrected chi connectivity index (χ0v) is 27.4. The van der Waals surface area contributed by atoms with E-state index in [9.17, 15) is 0 Å². The number of fused-ring (bicyclic) bond motifs is 2. The Morgan fingerprint density at radius 3 is 1.24 bits per heavy atom. The average Bonchev–Trinajstić information content (AvgIpc) is 3.85. The van der Waals surface area contributed by atoms with Gasteiger partial charge in [-0.1, -0.05) is 149 Å². The van der Waals surface area contributed by atoms with Gasteiger partial charge in [0, 0.05) is 12.8 Å². The van der Waals surface area contributed by atoms with Crippen LogP contribution in [0.25, 0.3) is 78.5 Å². The second kappa shape index (κ2) is 9.51. The molecule has 6 aromatic rings. The van der Waals surface area contributed by atoms with Crippen LogP contribution >= 0.6 is 0 Å². The van der Waals surface area contributed by atoms with Crippen molar-refractivity contribution in [2.45, 2.75) is 20.4 Å². The minimum atomic E-state index is -1.67. The molecule has 10 rings (SSSR count). The summed E-state index contributed by atoms with van der Waals surface area (Å²) < 4.78 is 0. The molecule has 4 aliphatic rings. The second-order valence-corrected chi connectivity index (χ2v) is 16.0. The third-order valence-corrected chi connectivity index (χ3v) is 14.1. The van der Waals surface area contributed by atoms with E-state index in [0.717, 1.165) is 0 Å². The van der Waals surface area contributed by atoms with Gasteiger partial charge in [0.25, 0.3) is 0 Å². The number of benzene rings is 6. The van der Waals surface area contributed by atoms with E-state index in [4.69, 9.17) is 0 Å². The first-order chi connectivity index (χ1) is 22.6. The van der Waals surface area contributed by atoms with Crippen LogP contribution in [0.2, 0.25) is 6.55 Å². The average molecular weight is 601 g/mol. The monoisotopic (exact) mass is 600 g/mol. The van der Waals surface area contributed by atoms with E-state index in [1.54, 1.807) is 10.4 Å². The standard InChI is InChI=1S/C45H32Si/c1-26-24-32-10-6-14-38(34-22-20-30-18-16-28-8-4-12-36(34)40(28)30)42(32)44(26)46(3)45-27(2)25-33-11-7-15-39(43(33)45)35-23-21-31-19-17-29-9-5-13-37(35)41(29)31/h4-25,46H,1-3H3. The molecule has 0 N–H and O–H groups in total. The number of rotatable bonds is 4. The zero-order valence-electron chi connectivity index (χ0n) is 26.3. The van der Waals surface area contributed by atoms with Gasteiger partial charge in [0.05, 0.1) is 0 Å². The van der Waals surface area contributed by atoms with Gasteiger partial charge >= 0.3 is 0 Å². The molecule has 216 valence electrons. The van der Waals surface area contributed by atoms with Gasteiger partial charge in [-0.05, 0) is 102 Å². The summed E-state index contributed by atoms with van der Waals surface area (Å²) in [4.78, 5) is 0. The fourth-order valence-electron chi connectivity index (χ4n) is 9.02. The largest absolute Gasteiger partial charge is 0.101 e. The molecular weight excluding hydrogens is 569 g/mol. The number of allylic oxidation sites excluding steroid dienone is 2. The van der Waals surface area contributed by atoms with Crippen molar-refractivity contribution in [1.29, 1.82) is 0 Å². The van der Waals surface area contributed by atoms with E-state index in [-0.39, 0.29) is 0 Å². The van der Waals surface area contributed by atoms with E-state index < -0.39 is 8.80 Å². The first kappa shape index (κ1) is 26.3. The van der Waals surface area contributed by atoms with Gasteiger partial charge in [-0.15, -0.1) is 0 Å². The van der Waals surface area contributed by atoms with Crippen LogP contribution < -0.4 is 0 Å². The van der Waals surface area contributed by atoms with Crippen LogP contribution in [-0.4, -0.2) is 8.80 Å². The molecule has 0 saturated heterocycles. The van der Waals surface area contributed by atoms with Gasteiger partial charge in [-0.3, -0.25) is 0 Å². The highest BCUT2D eigenvalue weighted by atomic mass is 28.3. The molecule has 0 aromatic heterocycles. The summed E-state index contributed by atoms with van der Waals surface area (Å²) in [5.41, 5.74) is 19.2. The molecule has 0 heterocycles. The summed E-state index contributed by atoms with van der Waals surface area (Å²) >= 11 is 0. The molecule has 0 nitrogen and oxygen atoms in total. The zero-order chi connectivity index (χ0) is 30.7. The normalized spacial score (nSPS) is 15.4. The lowest BCUT2D eigenvalue weighted by Gasteiger charge is -2.24. The Labute approximate surface area is 272 Å². The molecule has 1 heteroatoms. The topological polar surface area (TPSA) is 0 Å². The summed E-state index contributed by atoms with van der Waals surface area (Å²) in [6, 6.07) is 36.7. The van der Waals surface area contributed by atoms with Gasteiger partial charge in [0.15, 0.2) is 0 Å². The van der Waals surface area contributed by atoms with Crippen molar-refractivity contribution in [1.82, 2.24) is 0 Å². The molecule has 0 spiro atoms. The molecule has 0 unspecified atom stereocenters. The number of hydrogen-bond donors (Lipinski definition) is 0. The van der Waals surface area contributed by atoms with E-state index in [1.165, 1.54) is 99.5 Å². The van der Waals surface area contributed by atoms with Crippen LogP contribution in [0.4, 0.5) is 0 Å². The minimum Gasteiger partial charge on any atom is -0.0649 e. The van der Waals surface area contributed by atoms with E-state index in [0.29, 0.717) is 0 Å². The molecule has 6 aromatic carbocycles. The van der Waals surface area contributed by atoms with E-state index in [2.05, 4.69) is 155 Å². The fourth-order valence-corrected chi connectivity index (χ4v) is 12.3. The lowest BCUT2D eigenvalue weighted by atomic mass is 9.91. The van der Waals surface area contributed by atoms with Gasteiger partial charge in [0.2, 0.25) is 0 Å². The Morgan fingerprint density at radius 1 is 0.391 bits per heavy atom. The molecule has 0 bridgehead atoms. The Morgan fingerprint density at radius 2 is 0.783 bits per heavy atom. The van der Waals surface area contributed by atoms with Crippen LogP contribution in [0.15, 0.2) is 108 Å². The molecule has 4 aliphatic carbocycles. The first-order valence-electron chi connectivity index (χ1n) is 16.4. The van der Waals surface area contributed by atoms with Gasteiger partial charge in [0.1, 0.15) is 8.80 Å². The fraction of sp³-hybridized carbons (Fsp3) is 0.0667. The Hall–Kier alpha value is -4.98. The highest BCUT2D eigenvalue weighted by Gasteiger charge is 2.35. The maximum Gasteiger partial charge on any atom is 0.101 e. The van der Waals surface area contributed by atoms with Crippen LogP contribution in [0.5, 0.6) is 0 Å². The highest BCUT2D eigenvalue weighted by Crippen LogP contribution is 2.51. The Balaban J connectivity index is 1.15. The van der Waals surface area contributed by atoms with Crippen molar-refractivity contribution >= 4 is 65.0 Å². The van der Waals surface area contributed by atoms with Crippen molar-refractivity contribution < 1.29 is 0 Å². The summed E-state index contributed by atoms with van der Waals surface area (Å²) in [7, 11) is -1.67. The predicted octanol–water partition coefficient (Wildman–Crippen LogP) is 11.6. The first-order valence-corrected chi connectivity index (χ1v) is 18.7. The molecule has 0 amide bonds. The molecular formula is C45H32Si. The number of hydrogen-bond acceptors (Lipinski definition) is 0.